The number of hydrogen-bond acceptors (Lipinski definition) is 3. The van der Waals surface area contributed by atoms with E-state index in [1.54, 1.807) is 0 Å². The molecule has 0 aliphatic heterocycles. The summed E-state index contributed by atoms with van der Waals surface area (Å²) in [6.07, 6.45) is 6.44. The lowest BCUT2D eigenvalue weighted by Gasteiger charge is -2.13. The second kappa shape index (κ2) is 7.85. The van der Waals surface area contributed by atoms with Gasteiger partial charge in [-0.2, -0.15) is 0 Å². The Bertz CT molecular complexity index is 415. The molecule has 0 spiro atoms. The fourth-order valence-corrected chi connectivity index (χ4v) is 1.65. The Labute approximate surface area is 116 Å². The standard InChI is InChI=1S/C16H26N2O/c1-5-13(3)19-16-10-14(9-15(17)11-16)8-6-7-12(2)18-4/h6,8-13,18H,5,7,17H2,1-4H3. The third-order valence-electron chi connectivity index (χ3n) is 3.16. The predicted octanol–water partition coefficient (Wildman–Crippen LogP) is 3.46. The van der Waals surface area contributed by atoms with Gasteiger partial charge in [-0.1, -0.05) is 19.1 Å². The molecule has 106 valence electrons. The minimum absolute atomic E-state index is 0.211. The molecular formula is C16H26N2O. The number of anilines is 1. The largest absolute Gasteiger partial charge is 0.491 e. The molecule has 0 radical (unpaired) electrons. The summed E-state index contributed by atoms with van der Waals surface area (Å²) in [7, 11) is 1.97. The average Bonchev–Trinajstić information content (AvgIpc) is 2.37. The molecule has 3 N–H and O–H groups in total. The molecule has 0 aliphatic carbocycles. The summed E-state index contributed by atoms with van der Waals surface area (Å²) < 4.78 is 5.81. The minimum atomic E-state index is 0.211. The van der Waals surface area contributed by atoms with Gasteiger partial charge >= 0.3 is 0 Å². The van der Waals surface area contributed by atoms with Crippen LogP contribution in [0.2, 0.25) is 0 Å². The van der Waals surface area contributed by atoms with Crippen molar-refractivity contribution < 1.29 is 4.74 Å². The molecule has 1 rings (SSSR count). The van der Waals surface area contributed by atoms with Crippen LogP contribution >= 0.6 is 0 Å². The van der Waals surface area contributed by atoms with Crippen LogP contribution in [0.5, 0.6) is 5.75 Å². The summed E-state index contributed by atoms with van der Waals surface area (Å²) in [5, 5.41) is 3.21. The molecule has 0 aliphatic rings. The van der Waals surface area contributed by atoms with Crippen LogP contribution in [0.3, 0.4) is 0 Å². The molecule has 0 aromatic heterocycles. The van der Waals surface area contributed by atoms with Gasteiger partial charge in [-0.3, -0.25) is 0 Å². The number of rotatable bonds is 7. The molecular weight excluding hydrogens is 236 g/mol. The number of benzene rings is 1. The molecule has 1 aromatic carbocycles. The molecule has 1 aromatic rings. The van der Waals surface area contributed by atoms with E-state index in [0.717, 1.165) is 29.8 Å². The summed E-state index contributed by atoms with van der Waals surface area (Å²) in [5.41, 5.74) is 7.73. The topological polar surface area (TPSA) is 47.3 Å². The zero-order valence-corrected chi connectivity index (χ0v) is 12.4. The van der Waals surface area contributed by atoms with Crippen LogP contribution in [0.15, 0.2) is 24.3 Å². The molecule has 0 amide bonds. The van der Waals surface area contributed by atoms with E-state index in [2.05, 4.69) is 38.2 Å². The van der Waals surface area contributed by atoms with Gasteiger partial charge in [0.05, 0.1) is 6.10 Å². The number of nitrogens with two attached hydrogens (primary N) is 1. The Morgan fingerprint density at radius 1 is 1.32 bits per heavy atom. The number of nitrogen functional groups attached to an aromatic ring is 1. The molecule has 0 saturated heterocycles. The van der Waals surface area contributed by atoms with Crippen molar-refractivity contribution in [3.05, 3.63) is 29.8 Å². The Kier molecular flexibility index (Phi) is 6.43. The number of ether oxygens (including phenoxy) is 1. The molecule has 2 unspecified atom stereocenters. The lowest BCUT2D eigenvalue weighted by atomic mass is 10.1. The van der Waals surface area contributed by atoms with Crippen molar-refractivity contribution in [2.24, 2.45) is 0 Å². The van der Waals surface area contributed by atoms with E-state index in [4.69, 9.17) is 10.5 Å². The third-order valence-corrected chi connectivity index (χ3v) is 3.16. The van der Waals surface area contributed by atoms with Crippen molar-refractivity contribution in [2.45, 2.75) is 45.8 Å². The van der Waals surface area contributed by atoms with Crippen LogP contribution in [-0.2, 0) is 0 Å². The van der Waals surface area contributed by atoms with Crippen LogP contribution in [0, 0.1) is 0 Å². The van der Waals surface area contributed by atoms with E-state index < -0.39 is 0 Å². The number of hydrogen-bond donors (Lipinski definition) is 2. The van der Waals surface area contributed by atoms with Crippen molar-refractivity contribution in [1.29, 1.82) is 0 Å². The molecule has 19 heavy (non-hydrogen) atoms. The van der Waals surface area contributed by atoms with Crippen LogP contribution in [0.25, 0.3) is 6.08 Å². The predicted molar refractivity (Wildman–Crippen MR) is 83.4 cm³/mol. The van der Waals surface area contributed by atoms with Crippen LogP contribution in [0.4, 0.5) is 5.69 Å². The first kappa shape index (κ1) is 15.6. The van der Waals surface area contributed by atoms with Gasteiger partial charge in [0.15, 0.2) is 0 Å². The summed E-state index contributed by atoms with van der Waals surface area (Å²) in [4.78, 5) is 0. The van der Waals surface area contributed by atoms with Crippen molar-refractivity contribution >= 4 is 11.8 Å². The fraction of sp³-hybridized carbons (Fsp3) is 0.500. The molecule has 3 heteroatoms. The third kappa shape index (κ3) is 5.79. The van der Waals surface area contributed by atoms with Crippen molar-refractivity contribution in [3.8, 4) is 5.75 Å². The maximum absolute atomic E-state index is 5.91. The Balaban J connectivity index is 2.73. The zero-order chi connectivity index (χ0) is 14.3. The van der Waals surface area contributed by atoms with Gasteiger partial charge in [0, 0.05) is 17.8 Å². The highest BCUT2D eigenvalue weighted by atomic mass is 16.5. The highest BCUT2D eigenvalue weighted by molar-refractivity contribution is 5.59. The summed E-state index contributed by atoms with van der Waals surface area (Å²) >= 11 is 0. The Morgan fingerprint density at radius 2 is 2.05 bits per heavy atom. The van der Waals surface area contributed by atoms with Crippen molar-refractivity contribution in [2.75, 3.05) is 12.8 Å². The normalized spacial score (nSPS) is 14.5. The number of nitrogens with one attached hydrogen (secondary N) is 1. The summed E-state index contributed by atoms with van der Waals surface area (Å²) in [6, 6.07) is 6.35. The first-order chi connectivity index (χ1) is 9.05. The molecule has 0 saturated carbocycles. The van der Waals surface area contributed by atoms with E-state index in [1.807, 2.05) is 25.2 Å². The Morgan fingerprint density at radius 3 is 2.68 bits per heavy atom. The first-order valence-electron chi connectivity index (χ1n) is 6.96. The van der Waals surface area contributed by atoms with E-state index >= 15 is 0 Å². The average molecular weight is 262 g/mol. The summed E-state index contributed by atoms with van der Waals surface area (Å²) in [6.45, 7) is 6.32. The lowest BCUT2D eigenvalue weighted by Crippen LogP contribution is -2.19. The van der Waals surface area contributed by atoms with Crippen LogP contribution in [0.1, 0.15) is 39.2 Å². The highest BCUT2D eigenvalue weighted by Crippen LogP contribution is 2.21. The monoisotopic (exact) mass is 262 g/mol. The second-order valence-electron chi connectivity index (χ2n) is 5.00. The van der Waals surface area contributed by atoms with Crippen LogP contribution in [-0.4, -0.2) is 19.2 Å². The SMILES string of the molecule is CCC(C)Oc1cc(N)cc(C=CCC(C)NC)c1. The van der Waals surface area contributed by atoms with Gasteiger partial charge < -0.3 is 15.8 Å². The molecule has 0 heterocycles. The highest BCUT2D eigenvalue weighted by Gasteiger charge is 2.03. The molecule has 0 fully saturated rings. The first-order valence-corrected chi connectivity index (χ1v) is 6.96. The maximum atomic E-state index is 5.91. The molecule has 2 atom stereocenters. The minimum Gasteiger partial charge on any atom is -0.491 e. The van der Waals surface area contributed by atoms with Gasteiger partial charge in [-0.15, -0.1) is 0 Å². The molecule has 0 bridgehead atoms. The lowest BCUT2D eigenvalue weighted by molar-refractivity contribution is 0.217. The quantitative estimate of drug-likeness (QED) is 0.740. The zero-order valence-electron chi connectivity index (χ0n) is 12.4. The van der Waals surface area contributed by atoms with Gasteiger partial charge in [0.1, 0.15) is 5.75 Å². The fourth-order valence-electron chi connectivity index (χ4n) is 1.65. The second-order valence-corrected chi connectivity index (χ2v) is 5.00. The van der Waals surface area contributed by atoms with Crippen molar-refractivity contribution in [1.82, 2.24) is 5.32 Å². The van der Waals surface area contributed by atoms with E-state index in [9.17, 15) is 0 Å². The van der Waals surface area contributed by atoms with Crippen LogP contribution < -0.4 is 15.8 Å². The van der Waals surface area contributed by atoms with E-state index in [-0.39, 0.29) is 6.10 Å². The van der Waals surface area contributed by atoms with Crippen molar-refractivity contribution in [3.63, 3.8) is 0 Å². The Hall–Kier alpha value is -1.48. The van der Waals surface area contributed by atoms with E-state index in [1.165, 1.54) is 0 Å². The molecule has 3 nitrogen and oxygen atoms in total. The summed E-state index contributed by atoms with van der Waals surface area (Å²) in [5.74, 6) is 0.843. The van der Waals surface area contributed by atoms with Gasteiger partial charge in [0.25, 0.3) is 0 Å². The van der Waals surface area contributed by atoms with Gasteiger partial charge in [-0.25, -0.2) is 0 Å². The smallest absolute Gasteiger partial charge is 0.122 e. The maximum Gasteiger partial charge on any atom is 0.122 e. The van der Waals surface area contributed by atoms with Gasteiger partial charge in [-0.05, 0) is 51.4 Å². The van der Waals surface area contributed by atoms with E-state index in [0.29, 0.717) is 6.04 Å². The van der Waals surface area contributed by atoms with Gasteiger partial charge in [0.2, 0.25) is 0 Å².